The Hall–Kier alpha value is -1.77. The minimum Gasteiger partial charge on any atom is -0.376 e. The molecular weight excluding hydrogens is 380 g/mol. The Morgan fingerprint density at radius 1 is 1.04 bits per heavy atom. The van der Waals surface area contributed by atoms with Crippen molar-refractivity contribution in [1.29, 1.82) is 0 Å². The zero-order valence-corrected chi connectivity index (χ0v) is 16.7. The van der Waals surface area contributed by atoms with E-state index in [1.54, 1.807) is 12.1 Å². The largest absolute Gasteiger partial charge is 0.376 e. The number of benzene rings is 2. The summed E-state index contributed by atoms with van der Waals surface area (Å²) in [5.74, 6) is 0.359. The highest BCUT2D eigenvalue weighted by molar-refractivity contribution is 7.85. The Bertz CT molecular complexity index is 834. The lowest BCUT2D eigenvalue weighted by Crippen LogP contribution is -2.46. The molecule has 28 heavy (non-hydrogen) atoms. The van der Waals surface area contributed by atoms with Crippen molar-refractivity contribution in [2.45, 2.75) is 37.1 Å². The summed E-state index contributed by atoms with van der Waals surface area (Å²) in [7, 11) is -4.02. The van der Waals surface area contributed by atoms with Gasteiger partial charge in [-0.2, -0.15) is 8.42 Å². The first-order valence-corrected chi connectivity index (χ1v) is 10.7. The van der Waals surface area contributed by atoms with Gasteiger partial charge in [-0.05, 0) is 30.5 Å². The zero-order valence-electron chi connectivity index (χ0n) is 15.9. The van der Waals surface area contributed by atoms with Crippen LogP contribution < -0.4 is 0 Å². The second kappa shape index (κ2) is 9.15. The predicted octanol–water partition coefficient (Wildman–Crippen LogP) is 3.60. The summed E-state index contributed by atoms with van der Waals surface area (Å²) in [5, 5.41) is 0. The average molecular weight is 407 g/mol. The summed E-state index contributed by atoms with van der Waals surface area (Å²) in [6.45, 7) is 4.85. The minimum absolute atomic E-state index is 0.0666. The molecule has 7 heteroatoms. The molecule has 1 saturated carbocycles. The van der Waals surface area contributed by atoms with Crippen molar-refractivity contribution in [2.24, 2.45) is 5.92 Å². The normalized spacial score (nSPS) is 18.4. The Labute approximate surface area is 166 Å². The van der Waals surface area contributed by atoms with E-state index in [0.717, 1.165) is 38.2 Å². The zero-order chi connectivity index (χ0) is 20.0. The maximum atomic E-state index is 10.5. The smallest absolute Gasteiger partial charge is 0.294 e. The number of ether oxygens (including phenoxy) is 3. The van der Waals surface area contributed by atoms with Crippen LogP contribution in [-0.2, 0) is 30.9 Å². The van der Waals surface area contributed by atoms with Gasteiger partial charge in [0.15, 0.2) is 5.79 Å². The fourth-order valence-corrected chi connectivity index (χ4v) is 3.78. The van der Waals surface area contributed by atoms with Crippen molar-refractivity contribution in [3.8, 4) is 0 Å². The van der Waals surface area contributed by atoms with Crippen LogP contribution in [0.15, 0.2) is 59.5 Å². The molecule has 2 aromatic carbocycles. The molecule has 1 aliphatic carbocycles. The van der Waals surface area contributed by atoms with E-state index in [4.69, 9.17) is 18.8 Å². The van der Waals surface area contributed by atoms with Gasteiger partial charge in [-0.3, -0.25) is 4.55 Å². The molecule has 0 atom stereocenters. The first-order valence-electron chi connectivity index (χ1n) is 9.30. The van der Waals surface area contributed by atoms with E-state index in [2.05, 4.69) is 12.1 Å². The fraction of sp³-hybridized carbons (Fsp3) is 0.429. The van der Waals surface area contributed by atoms with Gasteiger partial charge >= 0.3 is 0 Å². The Kier molecular flexibility index (Phi) is 6.85. The van der Waals surface area contributed by atoms with Crippen LogP contribution in [0.1, 0.15) is 24.0 Å². The summed E-state index contributed by atoms with van der Waals surface area (Å²) in [5.41, 5.74) is 2.19. The van der Waals surface area contributed by atoms with Gasteiger partial charge in [0.05, 0.1) is 31.3 Å². The number of rotatable bonds is 5. The quantitative estimate of drug-likeness (QED) is 0.764. The molecule has 1 saturated heterocycles. The van der Waals surface area contributed by atoms with Crippen LogP contribution in [0.2, 0.25) is 0 Å². The number of hydrogen-bond donors (Lipinski definition) is 1. The number of aryl methyl sites for hydroxylation is 1. The first-order chi connectivity index (χ1) is 13.4. The van der Waals surface area contributed by atoms with Gasteiger partial charge in [0, 0.05) is 12.8 Å². The van der Waals surface area contributed by atoms with Gasteiger partial charge in [-0.25, -0.2) is 0 Å². The molecule has 2 aliphatic rings. The lowest BCUT2D eigenvalue weighted by Gasteiger charge is -2.42. The molecule has 152 valence electrons. The minimum atomic E-state index is -4.02. The highest BCUT2D eigenvalue weighted by Crippen LogP contribution is 2.44. The van der Waals surface area contributed by atoms with Gasteiger partial charge in [0.2, 0.25) is 0 Å². The second-order valence-corrected chi connectivity index (χ2v) is 8.59. The van der Waals surface area contributed by atoms with Crippen molar-refractivity contribution in [3.05, 3.63) is 65.7 Å². The van der Waals surface area contributed by atoms with E-state index < -0.39 is 10.1 Å². The van der Waals surface area contributed by atoms with E-state index in [0.29, 0.717) is 12.5 Å². The van der Waals surface area contributed by atoms with Crippen LogP contribution in [0.25, 0.3) is 0 Å². The van der Waals surface area contributed by atoms with Crippen LogP contribution in [0.4, 0.5) is 0 Å². The van der Waals surface area contributed by atoms with Crippen LogP contribution >= 0.6 is 0 Å². The molecule has 0 amide bonds. The third-order valence-corrected chi connectivity index (χ3v) is 5.66. The van der Waals surface area contributed by atoms with Gasteiger partial charge in [-0.1, -0.05) is 48.0 Å². The van der Waals surface area contributed by atoms with Crippen molar-refractivity contribution in [2.75, 3.05) is 19.8 Å². The third kappa shape index (κ3) is 5.86. The Morgan fingerprint density at radius 2 is 1.64 bits per heavy atom. The van der Waals surface area contributed by atoms with Crippen molar-refractivity contribution >= 4 is 10.1 Å². The van der Waals surface area contributed by atoms with Crippen LogP contribution in [0.3, 0.4) is 0 Å². The van der Waals surface area contributed by atoms with Crippen molar-refractivity contribution < 1.29 is 27.2 Å². The molecule has 0 aromatic heterocycles. The molecule has 2 aromatic rings. The highest BCUT2D eigenvalue weighted by Gasteiger charge is 2.48. The topological polar surface area (TPSA) is 82.1 Å². The maximum Gasteiger partial charge on any atom is 0.294 e. The lowest BCUT2D eigenvalue weighted by atomic mass is 9.79. The molecular formula is C21H26O6S. The van der Waals surface area contributed by atoms with E-state index in [9.17, 15) is 8.42 Å². The molecule has 0 unspecified atom stereocenters. The molecule has 2 fully saturated rings. The molecule has 1 spiro atoms. The maximum absolute atomic E-state index is 10.5. The SMILES string of the molecule is Cc1ccc(S(=O)(=O)O)cc1.c1ccc(COCC2CC3(C2)OCCO3)cc1. The first kappa shape index (κ1) is 21.0. The molecule has 6 nitrogen and oxygen atoms in total. The average Bonchev–Trinajstić information content (AvgIpc) is 3.12. The standard InChI is InChI=1S/C14H18O3.C7H8O3S/c1-2-4-12(5-3-1)10-15-11-13-8-14(9-13)16-6-7-17-14;1-6-2-4-7(5-3-6)11(8,9)10/h1-5,13H,6-11H2;2-5H,1H3,(H,8,9,10). The summed E-state index contributed by atoms with van der Waals surface area (Å²) < 4.78 is 46.5. The molecule has 1 aliphatic heterocycles. The van der Waals surface area contributed by atoms with Crippen LogP contribution in [-0.4, -0.2) is 38.6 Å². The molecule has 1 N–H and O–H groups in total. The fourth-order valence-electron chi connectivity index (χ4n) is 3.30. The van der Waals surface area contributed by atoms with Gasteiger partial charge in [0.25, 0.3) is 10.1 Å². The van der Waals surface area contributed by atoms with E-state index in [1.807, 2.05) is 25.1 Å². The lowest BCUT2D eigenvalue weighted by molar-refractivity contribution is -0.237. The van der Waals surface area contributed by atoms with Gasteiger partial charge in [0.1, 0.15) is 0 Å². The van der Waals surface area contributed by atoms with Crippen LogP contribution in [0.5, 0.6) is 0 Å². The van der Waals surface area contributed by atoms with Crippen molar-refractivity contribution in [1.82, 2.24) is 0 Å². The molecule has 0 bridgehead atoms. The molecule has 4 rings (SSSR count). The number of hydrogen-bond acceptors (Lipinski definition) is 5. The summed E-state index contributed by atoms with van der Waals surface area (Å²) >= 11 is 0. The molecule has 0 radical (unpaired) electrons. The van der Waals surface area contributed by atoms with Crippen LogP contribution in [0, 0.1) is 12.8 Å². The summed E-state index contributed by atoms with van der Waals surface area (Å²) in [4.78, 5) is -0.0666. The predicted molar refractivity (Wildman–Crippen MR) is 104 cm³/mol. The summed E-state index contributed by atoms with van der Waals surface area (Å²) in [6.07, 6.45) is 1.98. The Morgan fingerprint density at radius 3 is 2.21 bits per heavy atom. The molecule has 1 heterocycles. The third-order valence-electron chi connectivity index (χ3n) is 4.80. The Balaban J connectivity index is 0.000000178. The highest BCUT2D eigenvalue weighted by atomic mass is 32.2. The van der Waals surface area contributed by atoms with Gasteiger partial charge in [-0.15, -0.1) is 0 Å². The van der Waals surface area contributed by atoms with E-state index >= 15 is 0 Å². The van der Waals surface area contributed by atoms with E-state index in [1.165, 1.54) is 17.7 Å². The van der Waals surface area contributed by atoms with E-state index in [-0.39, 0.29) is 10.7 Å². The summed E-state index contributed by atoms with van der Waals surface area (Å²) in [6, 6.07) is 16.3. The van der Waals surface area contributed by atoms with Gasteiger partial charge < -0.3 is 14.2 Å². The van der Waals surface area contributed by atoms with Crippen molar-refractivity contribution in [3.63, 3.8) is 0 Å². The second-order valence-electron chi connectivity index (χ2n) is 7.17. The monoisotopic (exact) mass is 406 g/mol.